The molecule has 1 heterocycles. The van der Waals surface area contributed by atoms with Crippen LogP contribution in [0.2, 0.25) is 0 Å². The van der Waals surface area contributed by atoms with Crippen LogP contribution in [-0.4, -0.2) is 25.3 Å². The summed E-state index contributed by atoms with van der Waals surface area (Å²) in [6, 6.07) is 10.3. The molecule has 2 N–H and O–H groups in total. The monoisotopic (exact) mass is 274 g/mol. The van der Waals surface area contributed by atoms with E-state index >= 15 is 0 Å². The first-order valence-electron chi connectivity index (χ1n) is 5.80. The lowest BCUT2D eigenvalue weighted by molar-refractivity contribution is 0.211. The molecule has 20 heavy (non-hydrogen) atoms. The van der Waals surface area contributed by atoms with Crippen LogP contribution in [0.4, 0.5) is 4.79 Å². The van der Waals surface area contributed by atoms with Crippen LogP contribution in [0, 0.1) is 0 Å². The summed E-state index contributed by atoms with van der Waals surface area (Å²) in [6.07, 6.45) is -0.848. The van der Waals surface area contributed by atoms with Crippen molar-refractivity contribution >= 4 is 6.09 Å². The normalized spacial score (nSPS) is 9.90. The SMILES string of the molecule is COc1cc(OC)nc(-c2ccc(OC(N)=O)cc2)c1. The second kappa shape index (κ2) is 5.92. The molecule has 0 bridgehead atoms. The Morgan fingerprint density at radius 3 is 2.30 bits per heavy atom. The summed E-state index contributed by atoms with van der Waals surface area (Å²) in [4.78, 5) is 15.0. The zero-order valence-corrected chi connectivity index (χ0v) is 11.1. The number of hydrogen-bond acceptors (Lipinski definition) is 5. The van der Waals surface area contributed by atoms with Crippen molar-refractivity contribution in [3.05, 3.63) is 36.4 Å². The Labute approximate surface area is 116 Å². The van der Waals surface area contributed by atoms with Gasteiger partial charge in [-0.2, -0.15) is 0 Å². The van der Waals surface area contributed by atoms with Gasteiger partial charge in [-0.05, 0) is 24.3 Å². The van der Waals surface area contributed by atoms with Crippen LogP contribution in [-0.2, 0) is 0 Å². The van der Waals surface area contributed by atoms with E-state index in [9.17, 15) is 4.79 Å². The average Bonchev–Trinajstić information content (AvgIpc) is 2.46. The maximum absolute atomic E-state index is 10.6. The van der Waals surface area contributed by atoms with Gasteiger partial charge in [-0.25, -0.2) is 9.78 Å². The molecule has 0 radical (unpaired) electrons. The van der Waals surface area contributed by atoms with Gasteiger partial charge < -0.3 is 19.9 Å². The van der Waals surface area contributed by atoms with E-state index in [-0.39, 0.29) is 0 Å². The van der Waals surface area contributed by atoms with Gasteiger partial charge in [0.25, 0.3) is 0 Å². The highest BCUT2D eigenvalue weighted by atomic mass is 16.5. The summed E-state index contributed by atoms with van der Waals surface area (Å²) in [5, 5.41) is 0. The maximum Gasteiger partial charge on any atom is 0.409 e. The summed E-state index contributed by atoms with van der Waals surface area (Å²) in [6.45, 7) is 0. The highest BCUT2D eigenvalue weighted by Gasteiger charge is 2.07. The number of nitrogens with two attached hydrogens (primary N) is 1. The Bertz CT molecular complexity index is 589. The second-order valence-electron chi connectivity index (χ2n) is 3.88. The van der Waals surface area contributed by atoms with E-state index in [4.69, 9.17) is 19.9 Å². The van der Waals surface area contributed by atoms with Crippen molar-refractivity contribution in [3.63, 3.8) is 0 Å². The smallest absolute Gasteiger partial charge is 0.409 e. The minimum Gasteiger partial charge on any atom is -0.496 e. The largest absolute Gasteiger partial charge is 0.496 e. The number of methoxy groups -OCH3 is 2. The van der Waals surface area contributed by atoms with E-state index in [0.29, 0.717) is 23.1 Å². The van der Waals surface area contributed by atoms with Crippen LogP contribution in [0.1, 0.15) is 0 Å². The Kier molecular flexibility index (Phi) is 4.05. The fourth-order valence-corrected chi connectivity index (χ4v) is 1.66. The fraction of sp³-hybridized carbons (Fsp3) is 0.143. The van der Waals surface area contributed by atoms with Crippen molar-refractivity contribution in [2.45, 2.75) is 0 Å². The third-order valence-corrected chi connectivity index (χ3v) is 2.59. The molecular formula is C14H14N2O4. The zero-order valence-electron chi connectivity index (χ0n) is 11.1. The predicted molar refractivity (Wildman–Crippen MR) is 73.0 cm³/mol. The van der Waals surface area contributed by atoms with Crippen LogP contribution in [0.3, 0.4) is 0 Å². The molecule has 0 atom stereocenters. The molecule has 0 saturated heterocycles. The van der Waals surface area contributed by atoms with Crippen molar-refractivity contribution in [1.82, 2.24) is 4.98 Å². The number of ether oxygens (including phenoxy) is 3. The van der Waals surface area contributed by atoms with Gasteiger partial charge in [-0.15, -0.1) is 0 Å². The number of primary amides is 1. The summed E-state index contributed by atoms with van der Waals surface area (Å²) in [5.41, 5.74) is 6.46. The van der Waals surface area contributed by atoms with E-state index in [1.54, 1.807) is 43.5 Å². The van der Waals surface area contributed by atoms with Gasteiger partial charge in [-0.1, -0.05) is 0 Å². The molecule has 0 aliphatic carbocycles. The molecule has 0 aliphatic rings. The summed E-state index contributed by atoms with van der Waals surface area (Å²) in [7, 11) is 3.11. The fourth-order valence-electron chi connectivity index (χ4n) is 1.66. The molecule has 2 rings (SSSR count). The first kappa shape index (κ1) is 13.7. The summed E-state index contributed by atoms with van der Waals surface area (Å²) >= 11 is 0. The highest BCUT2D eigenvalue weighted by Crippen LogP contribution is 2.27. The van der Waals surface area contributed by atoms with Crippen LogP contribution in [0.15, 0.2) is 36.4 Å². The van der Waals surface area contributed by atoms with Crippen LogP contribution in [0.5, 0.6) is 17.4 Å². The van der Waals surface area contributed by atoms with Crippen LogP contribution < -0.4 is 19.9 Å². The summed E-state index contributed by atoms with van der Waals surface area (Å²) < 4.78 is 15.1. The lowest BCUT2D eigenvalue weighted by atomic mass is 10.1. The number of aromatic nitrogens is 1. The van der Waals surface area contributed by atoms with Gasteiger partial charge in [0.05, 0.1) is 19.9 Å². The molecular weight excluding hydrogens is 260 g/mol. The lowest BCUT2D eigenvalue weighted by Crippen LogP contribution is -2.16. The predicted octanol–water partition coefficient (Wildman–Crippen LogP) is 2.22. The molecule has 1 amide bonds. The zero-order chi connectivity index (χ0) is 14.5. The van der Waals surface area contributed by atoms with E-state index < -0.39 is 6.09 Å². The second-order valence-corrected chi connectivity index (χ2v) is 3.88. The first-order valence-corrected chi connectivity index (χ1v) is 5.80. The molecule has 0 spiro atoms. The van der Waals surface area contributed by atoms with Crippen LogP contribution in [0.25, 0.3) is 11.3 Å². The highest BCUT2D eigenvalue weighted by molar-refractivity contribution is 5.69. The molecule has 104 valence electrons. The van der Waals surface area contributed by atoms with Gasteiger partial charge in [0.1, 0.15) is 11.5 Å². The Balaban J connectivity index is 2.33. The first-order chi connectivity index (χ1) is 9.62. The van der Waals surface area contributed by atoms with Gasteiger partial charge in [-0.3, -0.25) is 0 Å². The van der Waals surface area contributed by atoms with Gasteiger partial charge >= 0.3 is 6.09 Å². The van der Waals surface area contributed by atoms with E-state index in [0.717, 1.165) is 5.56 Å². The van der Waals surface area contributed by atoms with Crippen LogP contribution >= 0.6 is 0 Å². The number of rotatable bonds is 4. The quantitative estimate of drug-likeness (QED) is 0.924. The Hall–Kier alpha value is -2.76. The maximum atomic E-state index is 10.6. The number of pyridine rings is 1. The Morgan fingerprint density at radius 1 is 1.05 bits per heavy atom. The summed E-state index contributed by atoms with van der Waals surface area (Å²) in [5.74, 6) is 1.47. The Morgan fingerprint density at radius 2 is 1.75 bits per heavy atom. The van der Waals surface area contributed by atoms with Gasteiger partial charge in [0.15, 0.2) is 0 Å². The number of carbonyl (C=O) groups excluding carboxylic acids is 1. The van der Waals surface area contributed by atoms with Crippen molar-refractivity contribution in [3.8, 4) is 28.6 Å². The standard InChI is InChI=1S/C14H14N2O4/c1-18-11-7-12(16-13(8-11)19-2)9-3-5-10(6-4-9)20-14(15)17/h3-8H,1-2H3,(H2,15,17). The number of amides is 1. The third-order valence-electron chi connectivity index (χ3n) is 2.59. The third kappa shape index (κ3) is 3.17. The van der Waals surface area contributed by atoms with Gasteiger partial charge in [0.2, 0.25) is 5.88 Å². The number of carbonyl (C=O) groups is 1. The number of nitrogens with zero attached hydrogens (tertiary/aromatic N) is 1. The topological polar surface area (TPSA) is 83.7 Å². The number of hydrogen-bond donors (Lipinski definition) is 1. The molecule has 2 aromatic rings. The van der Waals surface area contributed by atoms with E-state index in [1.807, 2.05) is 0 Å². The van der Waals surface area contributed by atoms with E-state index in [1.165, 1.54) is 7.11 Å². The molecule has 6 heteroatoms. The van der Waals surface area contributed by atoms with Crippen molar-refractivity contribution in [1.29, 1.82) is 0 Å². The molecule has 0 aliphatic heterocycles. The lowest BCUT2D eigenvalue weighted by Gasteiger charge is -2.08. The van der Waals surface area contributed by atoms with E-state index in [2.05, 4.69) is 4.98 Å². The molecule has 1 aromatic heterocycles. The molecule has 6 nitrogen and oxygen atoms in total. The van der Waals surface area contributed by atoms with Crippen molar-refractivity contribution in [2.24, 2.45) is 5.73 Å². The molecule has 0 unspecified atom stereocenters. The number of benzene rings is 1. The van der Waals surface area contributed by atoms with Crippen molar-refractivity contribution in [2.75, 3.05) is 14.2 Å². The molecule has 1 aromatic carbocycles. The minimum atomic E-state index is -0.848. The average molecular weight is 274 g/mol. The minimum absolute atomic E-state index is 0.371. The molecule has 0 fully saturated rings. The van der Waals surface area contributed by atoms with Crippen molar-refractivity contribution < 1.29 is 19.0 Å². The molecule has 0 saturated carbocycles. The van der Waals surface area contributed by atoms with Gasteiger partial charge in [0, 0.05) is 17.7 Å².